The van der Waals surface area contributed by atoms with Crippen LogP contribution in [-0.2, 0) is 0 Å². The second kappa shape index (κ2) is 8.64. The molecule has 0 spiro atoms. The summed E-state index contributed by atoms with van der Waals surface area (Å²) < 4.78 is 5.87. The van der Waals surface area contributed by atoms with Gasteiger partial charge in [-0.2, -0.15) is 0 Å². The fraction of sp³-hybridized carbons (Fsp3) is 0.273. The number of aliphatic hydroxyl groups excluding tert-OH is 1. The molecule has 1 amide bonds. The monoisotopic (exact) mass is 365 g/mol. The average Bonchev–Trinajstić information content (AvgIpc) is 2.68. The number of nitrogens with one attached hydrogen (secondary N) is 1. The van der Waals surface area contributed by atoms with Gasteiger partial charge >= 0.3 is 0 Å². The first-order chi connectivity index (χ1) is 13.1. The van der Waals surface area contributed by atoms with Crippen LogP contribution in [0.3, 0.4) is 0 Å². The Morgan fingerprint density at radius 3 is 2.56 bits per heavy atom. The number of carbonyl (C=O) groups is 1. The van der Waals surface area contributed by atoms with Gasteiger partial charge in [0.25, 0.3) is 5.91 Å². The third kappa shape index (κ3) is 4.63. The first-order valence-corrected chi connectivity index (χ1v) is 9.12. The van der Waals surface area contributed by atoms with Crippen molar-refractivity contribution in [2.24, 2.45) is 0 Å². The molecule has 2 aromatic carbocycles. The largest absolute Gasteiger partial charge is 0.456 e. The van der Waals surface area contributed by atoms with Gasteiger partial charge in [0.1, 0.15) is 11.3 Å². The minimum Gasteiger partial charge on any atom is -0.456 e. The van der Waals surface area contributed by atoms with E-state index in [9.17, 15) is 9.59 Å². The number of rotatable bonds is 7. The molecule has 27 heavy (non-hydrogen) atoms. The Hall–Kier alpha value is -2.92. The van der Waals surface area contributed by atoms with Crippen LogP contribution in [0, 0.1) is 6.92 Å². The number of amides is 1. The van der Waals surface area contributed by atoms with Crippen LogP contribution in [-0.4, -0.2) is 24.2 Å². The maximum Gasteiger partial charge on any atom is 0.251 e. The number of unbranched alkanes of at least 4 members (excludes halogenated alkanes) is 2. The van der Waals surface area contributed by atoms with Gasteiger partial charge in [0, 0.05) is 30.3 Å². The number of hydrogen-bond acceptors (Lipinski definition) is 4. The molecule has 1 heterocycles. The van der Waals surface area contributed by atoms with Gasteiger partial charge in [-0.25, -0.2) is 0 Å². The first-order valence-electron chi connectivity index (χ1n) is 9.12. The summed E-state index contributed by atoms with van der Waals surface area (Å²) in [7, 11) is 0. The zero-order valence-electron chi connectivity index (χ0n) is 15.3. The van der Waals surface area contributed by atoms with Crippen molar-refractivity contribution in [3.8, 4) is 11.3 Å². The summed E-state index contributed by atoms with van der Waals surface area (Å²) in [5.41, 5.74) is 2.77. The Morgan fingerprint density at radius 2 is 1.81 bits per heavy atom. The van der Waals surface area contributed by atoms with Crippen LogP contribution >= 0.6 is 0 Å². The van der Waals surface area contributed by atoms with Crippen molar-refractivity contribution in [2.75, 3.05) is 13.2 Å². The lowest BCUT2D eigenvalue weighted by atomic mass is 10.1. The molecule has 5 nitrogen and oxygen atoms in total. The Kier molecular flexibility index (Phi) is 6.04. The van der Waals surface area contributed by atoms with Crippen LogP contribution in [0.25, 0.3) is 22.3 Å². The molecule has 5 heteroatoms. The number of aliphatic hydroxyl groups is 1. The van der Waals surface area contributed by atoms with Gasteiger partial charge < -0.3 is 14.8 Å². The third-order valence-electron chi connectivity index (χ3n) is 4.43. The molecule has 0 unspecified atom stereocenters. The summed E-state index contributed by atoms with van der Waals surface area (Å²) >= 11 is 0. The molecule has 1 aromatic heterocycles. The summed E-state index contributed by atoms with van der Waals surface area (Å²) in [4.78, 5) is 24.5. The van der Waals surface area contributed by atoms with Crippen LogP contribution in [0.2, 0.25) is 0 Å². The maximum absolute atomic E-state index is 12.4. The van der Waals surface area contributed by atoms with Crippen molar-refractivity contribution in [3.05, 3.63) is 69.9 Å². The van der Waals surface area contributed by atoms with Crippen molar-refractivity contribution in [1.29, 1.82) is 0 Å². The van der Waals surface area contributed by atoms with E-state index in [4.69, 9.17) is 9.52 Å². The van der Waals surface area contributed by atoms with Gasteiger partial charge in [-0.3, -0.25) is 9.59 Å². The molecule has 0 bridgehead atoms. The standard InChI is InChI=1S/C22H23NO4/c1-15-5-10-20-18(13-15)19(25)14-21(27-20)16-6-8-17(9-7-16)22(26)23-11-3-2-4-12-24/h5-10,13-14,24H,2-4,11-12H2,1H3,(H,23,26). The number of hydrogen-bond donors (Lipinski definition) is 2. The third-order valence-corrected chi connectivity index (χ3v) is 4.43. The first kappa shape index (κ1) is 18.9. The highest BCUT2D eigenvalue weighted by Gasteiger charge is 2.09. The van der Waals surface area contributed by atoms with E-state index in [0.29, 0.717) is 28.8 Å². The summed E-state index contributed by atoms with van der Waals surface area (Å²) in [5, 5.41) is 12.2. The van der Waals surface area contributed by atoms with E-state index in [-0.39, 0.29) is 17.9 Å². The minimum absolute atomic E-state index is 0.0837. The molecular formula is C22H23NO4. The second-order valence-corrected chi connectivity index (χ2v) is 6.59. The molecule has 0 radical (unpaired) electrons. The van der Waals surface area contributed by atoms with Crippen molar-refractivity contribution < 1.29 is 14.3 Å². The molecule has 3 rings (SSSR count). The van der Waals surface area contributed by atoms with Crippen molar-refractivity contribution in [1.82, 2.24) is 5.32 Å². The van der Waals surface area contributed by atoms with Gasteiger partial charge in [0.2, 0.25) is 0 Å². The molecule has 0 aliphatic carbocycles. The fourth-order valence-corrected chi connectivity index (χ4v) is 2.92. The van der Waals surface area contributed by atoms with Crippen molar-refractivity contribution in [2.45, 2.75) is 26.2 Å². The van der Waals surface area contributed by atoms with E-state index in [2.05, 4.69) is 5.32 Å². The number of carbonyl (C=O) groups excluding carboxylic acids is 1. The van der Waals surface area contributed by atoms with Gasteiger partial charge in [0.05, 0.1) is 5.39 Å². The van der Waals surface area contributed by atoms with Gasteiger partial charge in [0.15, 0.2) is 5.43 Å². The predicted octanol–water partition coefficient (Wildman–Crippen LogP) is 3.66. The Labute approximate surface area is 157 Å². The van der Waals surface area contributed by atoms with E-state index in [1.807, 2.05) is 19.1 Å². The van der Waals surface area contributed by atoms with Gasteiger partial charge in [-0.1, -0.05) is 23.8 Å². The Morgan fingerprint density at radius 1 is 1.04 bits per heavy atom. The molecule has 140 valence electrons. The molecular weight excluding hydrogens is 342 g/mol. The van der Waals surface area contributed by atoms with Crippen LogP contribution < -0.4 is 10.7 Å². The van der Waals surface area contributed by atoms with E-state index in [1.165, 1.54) is 6.07 Å². The van der Waals surface area contributed by atoms with Crippen LogP contribution in [0.5, 0.6) is 0 Å². The van der Waals surface area contributed by atoms with Gasteiger partial charge in [-0.15, -0.1) is 0 Å². The fourth-order valence-electron chi connectivity index (χ4n) is 2.92. The molecule has 2 N–H and O–H groups in total. The number of benzene rings is 2. The van der Waals surface area contributed by atoms with E-state index in [1.54, 1.807) is 30.3 Å². The minimum atomic E-state index is -0.138. The SMILES string of the molecule is Cc1ccc2oc(-c3ccc(C(=O)NCCCCCO)cc3)cc(=O)c2c1. The average molecular weight is 365 g/mol. The highest BCUT2D eigenvalue weighted by Crippen LogP contribution is 2.23. The smallest absolute Gasteiger partial charge is 0.251 e. The Bertz CT molecular complexity index is 989. The lowest BCUT2D eigenvalue weighted by molar-refractivity contribution is 0.0953. The second-order valence-electron chi connectivity index (χ2n) is 6.59. The van der Waals surface area contributed by atoms with Gasteiger partial charge in [-0.05, 0) is 50.5 Å². The molecule has 0 aliphatic heterocycles. The van der Waals surface area contributed by atoms with Crippen LogP contribution in [0.15, 0.2) is 57.7 Å². The molecule has 3 aromatic rings. The lowest BCUT2D eigenvalue weighted by Gasteiger charge is -2.07. The van der Waals surface area contributed by atoms with Crippen LogP contribution in [0.1, 0.15) is 35.2 Å². The molecule has 0 fully saturated rings. The van der Waals surface area contributed by atoms with E-state index >= 15 is 0 Å². The molecule has 0 aliphatic rings. The predicted molar refractivity (Wildman–Crippen MR) is 106 cm³/mol. The number of aryl methyl sites for hydroxylation is 1. The normalized spacial score (nSPS) is 10.9. The zero-order chi connectivity index (χ0) is 19.2. The maximum atomic E-state index is 12.4. The highest BCUT2D eigenvalue weighted by atomic mass is 16.3. The summed E-state index contributed by atoms with van der Waals surface area (Å²) in [6.45, 7) is 2.70. The number of fused-ring (bicyclic) bond motifs is 1. The van der Waals surface area contributed by atoms with Crippen LogP contribution in [0.4, 0.5) is 0 Å². The topological polar surface area (TPSA) is 79.5 Å². The summed E-state index contributed by atoms with van der Waals surface area (Å²) in [6, 6.07) is 14.0. The lowest BCUT2D eigenvalue weighted by Crippen LogP contribution is -2.24. The van der Waals surface area contributed by atoms with Crippen molar-refractivity contribution in [3.63, 3.8) is 0 Å². The molecule has 0 atom stereocenters. The van der Waals surface area contributed by atoms with E-state index in [0.717, 1.165) is 30.4 Å². The highest BCUT2D eigenvalue weighted by molar-refractivity contribution is 5.94. The Balaban J connectivity index is 1.73. The molecule has 0 saturated carbocycles. The zero-order valence-corrected chi connectivity index (χ0v) is 15.3. The summed E-state index contributed by atoms with van der Waals surface area (Å²) in [6.07, 6.45) is 2.48. The van der Waals surface area contributed by atoms with Crippen molar-refractivity contribution >= 4 is 16.9 Å². The molecule has 0 saturated heterocycles. The quantitative estimate of drug-likeness (QED) is 0.626. The summed E-state index contributed by atoms with van der Waals surface area (Å²) in [5.74, 6) is 0.341. The van der Waals surface area contributed by atoms with E-state index < -0.39 is 0 Å².